The summed E-state index contributed by atoms with van der Waals surface area (Å²) in [5, 5.41) is 0. The third-order valence-corrected chi connectivity index (χ3v) is 0. The Morgan fingerprint density at radius 2 is 0.727 bits per heavy atom. The zero-order valence-corrected chi connectivity index (χ0v) is 3.41. The van der Waals surface area contributed by atoms with Crippen LogP contribution in [-0.2, 0) is 4.79 Å². The molecule has 0 bridgehead atoms. The molecule has 0 saturated carbocycles. The quantitative estimate of drug-likeness (QED) is 0.551. The normalized spacial score (nSPS) is 2.36. The molecule has 0 heterocycles. The van der Waals surface area contributed by atoms with Gasteiger partial charge in [0.25, 0.3) is 0 Å². The molecule has 0 aliphatic rings. The minimum Gasteiger partial charge on any atom is -0.412 e. The Labute approximate surface area is 75.3 Å². The van der Waals surface area contributed by atoms with Gasteiger partial charge in [-0.1, -0.05) is 44.6 Å². The lowest BCUT2D eigenvalue weighted by Crippen LogP contribution is -1.69. The molecule has 0 aliphatic carbocycles. The van der Waals surface area contributed by atoms with Crippen LogP contribution in [0, 0.1) is 0 Å². The van der Waals surface area contributed by atoms with Gasteiger partial charge in [0.05, 0.1) is 0 Å². The number of Topliss-reactive ketones (excluding diaryl/α,β-unsaturated/α-hetero) is 1. The Hall–Kier alpha value is -0.370. The molecular formula is C9H32O2. The third kappa shape index (κ3) is 4100. The first kappa shape index (κ1) is 143. The maximum absolute atomic E-state index is 9.44. The lowest BCUT2D eigenvalue weighted by Gasteiger charge is -1.56. The minimum atomic E-state index is 0. The molecule has 0 fully saturated rings. The smallest absolute Gasteiger partial charge is 0.126 e. The predicted molar refractivity (Wildman–Crippen MR) is 60.4 cm³/mol. The standard InChI is InChI=1S/C3H6O.6CH4.H2O/c1-3(2)4;;;;;;;/h1-2H3;6*1H4;1H2. The number of hydrogen-bond donors (Lipinski definition) is 0. The number of ketones is 1. The first-order chi connectivity index (χ1) is 1.73. The molecule has 0 saturated heterocycles. The molecular weight excluding hydrogens is 140 g/mol. The van der Waals surface area contributed by atoms with Crippen LogP contribution in [0.15, 0.2) is 0 Å². The van der Waals surface area contributed by atoms with Crippen molar-refractivity contribution in [2.75, 3.05) is 0 Å². The van der Waals surface area contributed by atoms with Crippen LogP contribution in [0.4, 0.5) is 0 Å². The van der Waals surface area contributed by atoms with E-state index < -0.39 is 0 Å². The van der Waals surface area contributed by atoms with Gasteiger partial charge in [0, 0.05) is 0 Å². The van der Waals surface area contributed by atoms with Crippen LogP contribution in [0.1, 0.15) is 58.4 Å². The van der Waals surface area contributed by atoms with E-state index in [9.17, 15) is 4.79 Å². The Kier molecular flexibility index (Phi) is 1340. The van der Waals surface area contributed by atoms with Crippen molar-refractivity contribution in [1.29, 1.82) is 0 Å². The highest BCUT2D eigenvalue weighted by Crippen LogP contribution is 1.50. The largest absolute Gasteiger partial charge is 0.412 e. The van der Waals surface area contributed by atoms with Gasteiger partial charge >= 0.3 is 0 Å². The van der Waals surface area contributed by atoms with Crippen LogP contribution in [0.25, 0.3) is 0 Å². The molecule has 0 amide bonds. The van der Waals surface area contributed by atoms with Gasteiger partial charge < -0.3 is 10.3 Å². The molecule has 0 radical (unpaired) electrons. The van der Waals surface area contributed by atoms with Gasteiger partial charge in [-0.15, -0.1) is 0 Å². The van der Waals surface area contributed by atoms with Crippen LogP contribution in [0.2, 0.25) is 0 Å². The van der Waals surface area contributed by atoms with Crippen LogP contribution in [-0.4, -0.2) is 11.3 Å². The Bertz CT molecular complexity index is 30.5. The molecule has 0 spiro atoms. The van der Waals surface area contributed by atoms with E-state index in [0.717, 1.165) is 0 Å². The predicted octanol–water partition coefficient (Wildman–Crippen LogP) is 3.59. The van der Waals surface area contributed by atoms with E-state index in [1.165, 1.54) is 13.8 Å². The number of rotatable bonds is 0. The van der Waals surface area contributed by atoms with Gasteiger partial charge in [-0.3, -0.25) is 0 Å². The summed E-state index contributed by atoms with van der Waals surface area (Å²) in [6.45, 7) is 3.06. The van der Waals surface area contributed by atoms with Gasteiger partial charge in [0.2, 0.25) is 0 Å². The van der Waals surface area contributed by atoms with Crippen molar-refractivity contribution in [3.8, 4) is 0 Å². The Morgan fingerprint density at radius 3 is 0.727 bits per heavy atom. The third-order valence-electron chi connectivity index (χ3n) is 0. The van der Waals surface area contributed by atoms with Crippen molar-refractivity contribution in [1.82, 2.24) is 0 Å². The average molecular weight is 172 g/mol. The molecule has 0 aromatic carbocycles. The summed E-state index contributed by atoms with van der Waals surface area (Å²) >= 11 is 0. The fraction of sp³-hybridized carbons (Fsp3) is 0.889. The molecule has 80 valence electrons. The zero-order chi connectivity index (χ0) is 3.58. The summed E-state index contributed by atoms with van der Waals surface area (Å²) in [7, 11) is 0. The van der Waals surface area contributed by atoms with Gasteiger partial charge in [-0.25, -0.2) is 0 Å². The van der Waals surface area contributed by atoms with Crippen LogP contribution in [0.3, 0.4) is 0 Å². The second kappa shape index (κ2) is 104. The summed E-state index contributed by atoms with van der Waals surface area (Å²) in [4.78, 5) is 9.44. The maximum atomic E-state index is 9.44. The van der Waals surface area contributed by atoms with Crippen molar-refractivity contribution in [3.05, 3.63) is 0 Å². The van der Waals surface area contributed by atoms with E-state index in [4.69, 9.17) is 0 Å². The maximum Gasteiger partial charge on any atom is 0.126 e. The van der Waals surface area contributed by atoms with Crippen LogP contribution >= 0.6 is 0 Å². The molecule has 2 heteroatoms. The van der Waals surface area contributed by atoms with Crippen molar-refractivity contribution in [2.45, 2.75) is 58.4 Å². The highest BCUT2D eigenvalue weighted by Gasteiger charge is 1.62. The van der Waals surface area contributed by atoms with Crippen molar-refractivity contribution >= 4 is 5.78 Å². The summed E-state index contributed by atoms with van der Waals surface area (Å²) in [6.07, 6.45) is 0. The summed E-state index contributed by atoms with van der Waals surface area (Å²) in [5.41, 5.74) is 0. The van der Waals surface area contributed by atoms with E-state index in [-0.39, 0.29) is 55.8 Å². The van der Waals surface area contributed by atoms with Crippen LogP contribution < -0.4 is 0 Å². The van der Waals surface area contributed by atoms with Gasteiger partial charge in [0.1, 0.15) is 5.78 Å². The van der Waals surface area contributed by atoms with Crippen molar-refractivity contribution in [3.63, 3.8) is 0 Å². The molecule has 0 aliphatic heterocycles. The summed E-state index contributed by atoms with van der Waals surface area (Å²) in [6, 6.07) is 0. The summed E-state index contributed by atoms with van der Waals surface area (Å²) in [5.74, 6) is 0.167. The number of carbonyl (C=O) groups is 1. The lowest BCUT2D eigenvalue weighted by molar-refractivity contribution is -0.114. The zero-order valence-electron chi connectivity index (χ0n) is 3.41. The van der Waals surface area contributed by atoms with E-state index in [1.54, 1.807) is 0 Å². The average Bonchev–Trinajstić information content (AvgIpc) is 0.811. The van der Waals surface area contributed by atoms with E-state index in [2.05, 4.69) is 0 Å². The monoisotopic (exact) mass is 172 g/mol. The highest BCUT2D eigenvalue weighted by molar-refractivity contribution is 5.72. The van der Waals surface area contributed by atoms with E-state index in [0.29, 0.717) is 0 Å². The topological polar surface area (TPSA) is 48.6 Å². The Morgan fingerprint density at radius 1 is 0.727 bits per heavy atom. The second-order valence-electron chi connectivity index (χ2n) is 0.908. The highest BCUT2D eigenvalue weighted by atomic mass is 16.1. The van der Waals surface area contributed by atoms with Gasteiger partial charge in [-0.05, 0) is 13.8 Å². The van der Waals surface area contributed by atoms with Gasteiger partial charge in [-0.2, -0.15) is 0 Å². The first-order valence-corrected chi connectivity index (χ1v) is 1.20. The second-order valence-corrected chi connectivity index (χ2v) is 0.908. The molecule has 11 heavy (non-hydrogen) atoms. The molecule has 2 nitrogen and oxygen atoms in total. The van der Waals surface area contributed by atoms with Gasteiger partial charge in [0.15, 0.2) is 0 Å². The lowest BCUT2D eigenvalue weighted by atomic mass is 10.6. The fourth-order valence-electron chi connectivity index (χ4n) is 0. The first-order valence-electron chi connectivity index (χ1n) is 1.20. The SMILES string of the molecule is C.C.C.C.C.C.CC(C)=O.O. The molecule has 0 aromatic rings. The number of carbonyl (C=O) groups excluding carboxylic acids is 1. The van der Waals surface area contributed by atoms with Crippen LogP contribution in [0.5, 0.6) is 0 Å². The summed E-state index contributed by atoms with van der Waals surface area (Å²) < 4.78 is 0. The van der Waals surface area contributed by atoms with E-state index in [1.807, 2.05) is 0 Å². The minimum absolute atomic E-state index is 0. The number of hydrogen-bond acceptors (Lipinski definition) is 1. The van der Waals surface area contributed by atoms with Crippen molar-refractivity contribution in [2.24, 2.45) is 0 Å². The molecule has 2 N–H and O–H groups in total. The molecule has 0 rings (SSSR count). The molecule has 0 aromatic heterocycles. The Balaban J connectivity index is -0.00000000214. The van der Waals surface area contributed by atoms with Crippen molar-refractivity contribution < 1.29 is 10.3 Å². The fourth-order valence-corrected chi connectivity index (χ4v) is 0. The molecule has 0 atom stereocenters. The van der Waals surface area contributed by atoms with E-state index >= 15 is 0 Å². The molecule has 0 unspecified atom stereocenters.